The van der Waals surface area contributed by atoms with Gasteiger partial charge in [0.15, 0.2) is 0 Å². The zero-order valence-electron chi connectivity index (χ0n) is 20.8. The number of hydrogen-bond donors (Lipinski definition) is 0. The van der Waals surface area contributed by atoms with E-state index in [2.05, 4.69) is 91.5 Å². The average Bonchev–Trinajstić information content (AvgIpc) is 3.28. The Morgan fingerprint density at radius 3 is 2.22 bits per heavy atom. The van der Waals surface area contributed by atoms with Crippen LogP contribution < -0.4 is 10.5 Å². The molecule has 0 aliphatic heterocycles. The Morgan fingerprint density at radius 1 is 0.722 bits per heavy atom. The molecule has 6 rings (SSSR count). The van der Waals surface area contributed by atoms with Gasteiger partial charge in [0, 0.05) is 30.2 Å². The Balaban J connectivity index is 1.52. The third-order valence-corrected chi connectivity index (χ3v) is 7.37. The first-order valence-corrected chi connectivity index (χ1v) is 12.8. The topological polar surface area (TPSA) is 33.5 Å². The van der Waals surface area contributed by atoms with Gasteiger partial charge < -0.3 is 9.32 Å². The summed E-state index contributed by atoms with van der Waals surface area (Å²) in [5.74, 6) is 0. The molecule has 4 aromatic carbocycles. The van der Waals surface area contributed by atoms with Crippen molar-refractivity contribution >= 4 is 16.7 Å². The van der Waals surface area contributed by atoms with E-state index < -0.39 is 0 Å². The van der Waals surface area contributed by atoms with Gasteiger partial charge in [-0.05, 0) is 83.8 Å². The summed E-state index contributed by atoms with van der Waals surface area (Å²) >= 11 is 0. The van der Waals surface area contributed by atoms with Crippen LogP contribution in [-0.2, 0) is 12.8 Å². The first-order chi connectivity index (χ1) is 17.6. The summed E-state index contributed by atoms with van der Waals surface area (Å²) < 4.78 is 5.94. The van der Waals surface area contributed by atoms with Crippen LogP contribution in [-0.4, -0.2) is 13.1 Å². The molecule has 1 heterocycles. The number of fused-ring (bicyclic) bond motifs is 4. The van der Waals surface area contributed by atoms with Gasteiger partial charge in [-0.25, -0.2) is 4.79 Å². The zero-order valence-corrected chi connectivity index (χ0v) is 20.8. The molecule has 3 nitrogen and oxygen atoms in total. The van der Waals surface area contributed by atoms with Gasteiger partial charge in [-0.2, -0.15) is 0 Å². The van der Waals surface area contributed by atoms with Gasteiger partial charge in [0.1, 0.15) is 5.58 Å². The monoisotopic (exact) mass is 471 g/mol. The highest BCUT2D eigenvalue weighted by atomic mass is 16.4. The van der Waals surface area contributed by atoms with Crippen molar-refractivity contribution in [2.75, 3.05) is 18.0 Å². The van der Waals surface area contributed by atoms with Gasteiger partial charge >= 0.3 is 5.63 Å². The van der Waals surface area contributed by atoms with E-state index >= 15 is 0 Å². The second kappa shape index (κ2) is 9.16. The summed E-state index contributed by atoms with van der Waals surface area (Å²) in [6, 6.07) is 31.7. The number of anilines is 1. The molecule has 0 bridgehead atoms. The molecule has 5 aromatic rings. The maximum absolute atomic E-state index is 13.4. The van der Waals surface area contributed by atoms with Crippen molar-refractivity contribution in [2.45, 2.75) is 26.7 Å². The molecule has 0 saturated carbocycles. The minimum absolute atomic E-state index is 0.283. The van der Waals surface area contributed by atoms with Crippen LogP contribution in [0.3, 0.4) is 0 Å². The van der Waals surface area contributed by atoms with Gasteiger partial charge in [0.25, 0.3) is 0 Å². The number of nitrogens with zero attached hydrogens (tertiary/aromatic N) is 1. The molecule has 0 N–H and O–H groups in total. The first kappa shape index (κ1) is 22.4. The zero-order chi connectivity index (χ0) is 24.6. The Hall–Kier alpha value is -4.11. The van der Waals surface area contributed by atoms with Crippen LogP contribution in [0.4, 0.5) is 5.69 Å². The van der Waals surface area contributed by atoms with Crippen LogP contribution in [0.5, 0.6) is 0 Å². The lowest BCUT2D eigenvalue weighted by Gasteiger charge is -2.21. The Morgan fingerprint density at radius 2 is 1.44 bits per heavy atom. The molecule has 0 fully saturated rings. The molecule has 178 valence electrons. The maximum Gasteiger partial charge on any atom is 0.344 e. The van der Waals surface area contributed by atoms with E-state index in [1.165, 1.54) is 33.4 Å². The lowest BCUT2D eigenvalue weighted by Crippen LogP contribution is -2.21. The molecule has 0 amide bonds. The molecule has 1 aromatic heterocycles. The van der Waals surface area contributed by atoms with E-state index in [1.54, 1.807) is 0 Å². The van der Waals surface area contributed by atoms with Crippen LogP contribution in [0.1, 0.15) is 36.1 Å². The SMILES string of the molecule is CCN(CC)c1ccc2cc(-c3cc(Cc4ccccc4)cc4c3Cc3ccccc3-4)c(=O)oc2c1. The fourth-order valence-corrected chi connectivity index (χ4v) is 5.54. The van der Waals surface area contributed by atoms with Crippen molar-refractivity contribution in [1.82, 2.24) is 0 Å². The Bertz CT molecular complexity index is 1630. The summed E-state index contributed by atoms with van der Waals surface area (Å²) in [4.78, 5) is 15.7. The van der Waals surface area contributed by atoms with E-state index in [9.17, 15) is 4.79 Å². The minimum Gasteiger partial charge on any atom is -0.422 e. The molecule has 36 heavy (non-hydrogen) atoms. The summed E-state index contributed by atoms with van der Waals surface area (Å²) in [5, 5.41) is 0.943. The Labute approximate surface area is 211 Å². The second-order valence-electron chi connectivity index (χ2n) is 9.51. The molecule has 0 atom stereocenters. The molecule has 1 aliphatic carbocycles. The van der Waals surface area contributed by atoms with Crippen molar-refractivity contribution in [2.24, 2.45) is 0 Å². The molecular weight excluding hydrogens is 442 g/mol. The summed E-state index contributed by atoms with van der Waals surface area (Å²) in [5.41, 5.74) is 10.5. The van der Waals surface area contributed by atoms with Gasteiger partial charge in [-0.1, -0.05) is 66.7 Å². The molecular formula is C33H29NO2. The van der Waals surface area contributed by atoms with Crippen molar-refractivity contribution in [3.8, 4) is 22.3 Å². The van der Waals surface area contributed by atoms with Crippen molar-refractivity contribution in [3.05, 3.63) is 124 Å². The predicted molar refractivity (Wildman–Crippen MR) is 149 cm³/mol. The van der Waals surface area contributed by atoms with Crippen LogP contribution in [0.25, 0.3) is 33.2 Å². The Kier molecular flexibility index (Phi) is 5.69. The molecule has 0 radical (unpaired) electrons. The fourth-order valence-electron chi connectivity index (χ4n) is 5.54. The number of benzene rings is 4. The highest BCUT2D eigenvalue weighted by Crippen LogP contribution is 2.42. The largest absolute Gasteiger partial charge is 0.422 e. The predicted octanol–water partition coefficient (Wildman–Crippen LogP) is 7.47. The van der Waals surface area contributed by atoms with Crippen LogP contribution >= 0.6 is 0 Å². The van der Waals surface area contributed by atoms with Gasteiger partial charge in [0.2, 0.25) is 0 Å². The lowest BCUT2D eigenvalue weighted by molar-refractivity contribution is 0.563. The van der Waals surface area contributed by atoms with Gasteiger partial charge in [-0.15, -0.1) is 0 Å². The second-order valence-corrected chi connectivity index (χ2v) is 9.51. The van der Waals surface area contributed by atoms with Crippen LogP contribution in [0, 0.1) is 0 Å². The number of rotatable bonds is 6. The molecule has 3 heteroatoms. The van der Waals surface area contributed by atoms with Crippen molar-refractivity contribution in [1.29, 1.82) is 0 Å². The minimum atomic E-state index is -0.283. The highest BCUT2D eigenvalue weighted by Gasteiger charge is 2.24. The van der Waals surface area contributed by atoms with E-state index in [1.807, 2.05) is 18.2 Å². The fraction of sp³-hybridized carbons (Fsp3) is 0.182. The third kappa shape index (κ3) is 3.91. The van der Waals surface area contributed by atoms with Crippen LogP contribution in [0.2, 0.25) is 0 Å². The molecule has 0 saturated heterocycles. The highest BCUT2D eigenvalue weighted by molar-refractivity contribution is 5.89. The number of hydrogen-bond acceptors (Lipinski definition) is 3. The average molecular weight is 472 g/mol. The van der Waals surface area contributed by atoms with Crippen molar-refractivity contribution < 1.29 is 4.42 Å². The molecule has 0 unspecified atom stereocenters. The first-order valence-electron chi connectivity index (χ1n) is 12.8. The van der Waals surface area contributed by atoms with E-state index in [0.717, 1.165) is 42.6 Å². The van der Waals surface area contributed by atoms with E-state index in [0.29, 0.717) is 11.1 Å². The quantitative estimate of drug-likeness (QED) is 0.236. The van der Waals surface area contributed by atoms with E-state index in [-0.39, 0.29) is 5.63 Å². The molecule has 0 spiro atoms. The van der Waals surface area contributed by atoms with Gasteiger partial charge in [-0.3, -0.25) is 0 Å². The summed E-state index contributed by atoms with van der Waals surface area (Å²) in [7, 11) is 0. The maximum atomic E-state index is 13.4. The lowest BCUT2D eigenvalue weighted by atomic mass is 9.91. The normalized spacial score (nSPS) is 11.9. The standard InChI is InChI=1S/C33H29NO2/c1-3-34(4-2)26-15-14-25-20-31(33(35)36-32(25)21-26)29-18-23(16-22-10-6-5-7-11-22)17-28-27-13-9-8-12-24(27)19-30(28)29/h5-15,17-18,20-21H,3-4,16,19H2,1-2H3. The molecule has 1 aliphatic rings. The summed E-state index contributed by atoms with van der Waals surface area (Å²) in [6.07, 6.45) is 1.64. The van der Waals surface area contributed by atoms with E-state index in [4.69, 9.17) is 4.42 Å². The van der Waals surface area contributed by atoms with Crippen LogP contribution in [0.15, 0.2) is 100 Å². The smallest absolute Gasteiger partial charge is 0.344 e. The van der Waals surface area contributed by atoms with Crippen molar-refractivity contribution in [3.63, 3.8) is 0 Å². The third-order valence-electron chi connectivity index (χ3n) is 7.37. The van der Waals surface area contributed by atoms with Gasteiger partial charge in [0.05, 0.1) is 5.56 Å². The summed E-state index contributed by atoms with van der Waals surface area (Å²) in [6.45, 7) is 6.08.